The molecule has 1 saturated heterocycles. The summed E-state index contributed by atoms with van der Waals surface area (Å²) < 4.78 is 11.2. The van der Waals surface area contributed by atoms with Gasteiger partial charge >= 0.3 is 5.97 Å². The minimum Gasteiger partial charge on any atom is -0.490 e. The van der Waals surface area contributed by atoms with Gasteiger partial charge in [-0.2, -0.15) is 5.26 Å². The number of carbonyl (C=O) groups is 2. The zero-order chi connectivity index (χ0) is 21.9. The van der Waals surface area contributed by atoms with Gasteiger partial charge in [0.1, 0.15) is 11.6 Å². The van der Waals surface area contributed by atoms with Crippen LogP contribution in [-0.4, -0.2) is 54.7 Å². The molecule has 0 radical (unpaired) electrons. The number of hydrogen-bond acceptors (Lipinski definition) is 6. The first-order chi connectivity index (χ1) is 14.5. The predicted molar refractivity (Wildman–Crippen MR) is 111 cm³/mol. The molecule has 0 aromatic heterocycles. The second-order valence-electron chi connectivity index (χ2n) is 6.93. The molecule has 1 heterocycles. The highest BCUT2D eigenvalue weighted by atomic mass is 16.5. The summed E-state index contributed by atoms with van der Waals surface area (Å²) in [7, 11) is 0. The molecule has 1 amide bonds. The van der Waals surface area contributed by atoms with E-state index in [2.05, 4.69) is 5.32 Å². The summed E-state index contributed by atoms with van der Waals surface area (Å²) in [4.78, 5) is 25.1. The Bertz CT molecular complexity index is 807. The number of aliphatic carboxylic acids is 1. The molecule has 1 fully saturated rings. The van der Waals surface area contributed by atoms with Gasteiger partial charge < -0.3 is 24.8 Å². The topological polar surface area (TPSA) is 112 Å². The first-order valence-electron chi connectivity index (χ1n) is 10.2. The molecule has 8 heteroatoms. The van der Waals surface area contributed by atoms with Crippen LogP contribution in [0.15, 0.2) is 30.0 Å². The van der Waals surface area contributed by atoms with E-state index in [0.717, 1.165) is 5.56 Å². The van der Waals surface area contributed by atoms with Crippen molar-refractivity contribution in [1.82, 2.24) is 10.2 Å². The Balaban J connectivity index is 1.89. The Morgan fingerprint density at radius 3 is 2.50 bits per heavy atom. The number of benzene rings is 1. The van der Waals surface area contributed by atoms with Gasteiger partial charge in [0, 0.05) is 25.8 Å². The zero-order valence-corrected chi connectivity index (χ0v) is 17.5. The molecule has 2 rings (SSSR count). The molecule has 0 spiro atoms. The lowest BCUT2D eigenvalue weighted by Crippen LogP contribution is -2.41. The van der Waals surface area contributed by atoms with Gasteiger partial charge in [0.2, 0.25) is 0 Å². The van der Waals surface area contributed by atoms with Crippen molar-refractivity contribution in [3.63, 3.8) is 0 Å². The van der Waals surface area contributed by atoms with Crippen LogP contribution in [0.25, 0.3) is 0 Å². The zero-order valence-electron chi connectivity index (χ0n) is 17.5. The Hall–Kier alpha value is -3.21. The van der Waals surface area contributed by atoms with Crippen molar-refractivity contribution in [3.05, 3.63) is 35.5 Å². The fourth-order valence-corrected chi connectivity index (χ4v) is 3.28. The third-order valence-electron chi connectivity index (χ3n) is 4.89. The largest absolute Gasteiger partial charge is 0.490 e. The summed E-state index contributed by atoms with van der Waals surface area (Å²) in [5.41, 5.74) is 1.06. The van der Waals surface area contributed by atoms with Gasteiger partial charge in [-0.25, -0.2) is 0 Å². The van der Waals surface area contributed by atoms with E-state index in [-0.39, 0.29) is 11.5 Å². The van der Waals surface area contributed by atoms with Crippen molar-refractivity contribution < 1.29 is 24.2 Å². The summed E-state index contributed by atoms with van der Waals surface area (Å²) in [5, 5.41) is 21.4. The summed E-state index contributed by atoms with van der Waals surface area (Å²) in [6.45, 7) is 6.18. The van der Waals surface area contributed by atoms with Gasteiger partial charge in [0.05, 0.1) is 19.1 Å². The van der Waals surface area contributed by atoms with Crippen LogP contribution in [0.4, 0.5) is 0 Å². The van der Waals surface area contributed by atoms with Gasteiger partial charge in [-0.3, -0.25) is 9.59 Å². The highest BCUT2D eigenvalue weighted by Crippen LogP contribution is 2.28. The molecule has 0 saturated carbocycles. The van der Waals surface area contributed by atoms with E-state index in [4.69, 9.17) is 14.6 Å². The molecule has 0 aliphatic carbocycles. The van der Waals surface area contributed by atoms with Crippen LogP contribution in [0, 0.1) is 17.2 Å². The molecule has 1 aliphatic rings. The molecule has 1 aromatic rings. The minimum absolute atomic E-state index is 0.0190. The van der Waals surface area contributed by atoms with Gasteiger partial charge in [-0.15, -0.1) is 0 Å². The number of hydrogen-bond donors (Lipinski definition) is 2. The number of carboxylic acids is 1. The van der Waals surface area contributed by atoms with E-state index < -0.39 is 11.9 Å². The first-order valence-corrected chi connectivity index (χ1v) is 10.2. The Morgan fingerprint density at radius 2 is 1.90 bits per heavy atom. The second kappa shape index (κ2) is 11.7. The van der Waals surface area contributed by atoms with Crippen molar-refractivity contribution in [1.29, 1.82) is 5.26 Å². The second-order valence-corrected chi connectivity index (χ2v) is 6.93. The Kier molecular flexibility index (Phi) is 9.01. The molecule has 1 aliphatic heterocycles. The lowest BCUT2D eigenvalue weighted by Gasteiger charge is -2.29. The smallest absolute Gasteiger partial charge is 0.306 e. The monoisotopic (exact) mass is 415 g/mol. The summed E-state index contributed by atoms with van der Waals surface area (Å²) in [6, 6.07) is 7.71. The highest BCUT2D eigenvalue weighted by Gasteiger charge is 2.28. The minimum atomic E-state index is -0.832. The average Bonchev–Trinajstić information content (AvgIpc) is 2.75. The molecule has 0 unspecified atom stereocenters. The normalized spacial score (nSPS) is 14.7. The van der Waals surface area contributed by atoms with Crippen LogP contribution in [0.1, 0.15) is 32.3 Å². The third-order valence-corrected chi connectivity index (χ3v) is 4.89. The molecule has 0 atom stereocenters. The maximum Gasteiger partial charge on any atom is 0.306 e. The molecule has 162 valence electrons. The maximum absolute atomic E-state index is 12.5. The SMILES string of the molecule is CCOc1ccc(CCN/C=C(/C#N)C(=O)N2CCC(C(=O)O)CC2)cc1OCC. The van der Waals surface area contributed by atoms with Crippen molar-refractivity contribution in [2.75, 3.05) is 32.8 Å². The predicted octanol–water partition coefficient (Wildman–Crippen LogP) is 2.35. The number of carbonyl (C=O) groups excluding carboxylic acids is 1. The lowest BCUT2D eigenvalue weighted by atomic mass is 9.97. The van der Waals surface area contributed by atoms with Crippen LogP contribution in [0.2, 0.25) is 0 Å². The fourth-order valence-electron chi connectivity index (χ4n) is 3.28. The highest BCUT2D eigenvalue weighted by molar-refractivity contribution is 5.97. The van der Waals surface area contributed by atoms with Gasteiger partial charge in [-0.1, -0.05) is 6.07 Å². The van der Waals surface area contributed by atoms with E-state index >= 15 is 0 Å². The van der Waals surface area contributed by atoms with Crippen molar-refractivity contribution >= 4 is 11.9 Å². The van der Waals surface area contributed by atoms with Crippen LogP contribution in [-0.2, 0) is 16.0 Å². The molecule has 0 bridgehead atoms. The third kappa shape index (κ3) is 6.41. The number of likely N-dealkylation sites (tertiary alicyclic amines) is 1. The van der Waals surface area contributed by atoms with E-state index in [1.54, 1.807) is 0 Å². The number of ether oxygens (including phenoxy) is 2. The van der Waals surface area contributed by atoms with E-state index in [0.29, 0.717) is 63.6 Å². The summed E-state index contributed by atoms with van der Waals surface area (Å²) in [5.74, 6) is -0.211. The van der Waals surface area contributed by atoms with E-state index in [1.165, 1.54) is 11.1 Å². The quantitative estimate of drug-likeness (QED) is 0.343. The van der Waals surface area contributed by atoms with Gasteiger partial charge in [-0.05, 0) is 50.8 Å². The van der Waals surface area contributed by atoms with Crippen LogP contribution >= 0.6 is 0 Å². The van der Waals surface area contributed by atoms with Crippen molar-refractivity contribution in [3.8, 4) is 17.6 Å². The average molecular weight is 415 g/mol. The molecule has 1 aromatic carbocycles. The Morgan fingerprint density at radius 1 is 1.23 bits per heavy atom. The standard InChI is InChI=1S/C22H29N3O5/c1-3-29-19-6-5-16(13-20(19)30-4-2)7-10-24-15-18(14-23)21(26)25-11-8-17(9-12-25)22(27)28/h5-6,13,15,17,24H,3-4,7-12H2,1-2H3,(H,27,28)/b18-15-. The number of piperidine rings is 1. The van der Waals surface area contributed by atoms with Crippen LogP contribution < -0.4 is 14.8 Å². The number of nitriles is 1. The number of amides is 1. The number of nitrogens with one attached hydrogen (secondary N) is 1. The summed E-state index contributed by atoms with van der Waals surface area (Å²) >= 11 is 0. The van der Waals surface area contributed by atoms with Crippen LogP contribution in [0.5, 0.6) is 11.5 Å². The number of carboxylic acid groups (broad SMARTS) is 1. The maximum atomic E-state index is 12.5. The molecule has 30 heavy (non-hydrogen) atoms. The van der Waals surface area contributed by atoms with Crippen molar-refractivity contribution in [2.45, 2.75) is 33.1 Å². The van der Waals surface area contributed by atoms with Gasteiger partial charge in [0.15, 0.2) is 11.5 Å². The lowest BCUT2D eigenvalue weighted by molar-refractivity contribution is -0.145. The molecule has 2 N–H and O–H groups in total. The number of nitrogens with zero attached hydrogens (tertiary/aromatic N) is 2. The molecular formula is C22H29N3O5. The first kappa shape index (κ1) is 23.1. The fraction of sp³-hybridized carbons (Fsp3) is 0.500. The number of rotatable bonds is 10. The molecule has 8 nitrogen and oxygen atoms in total. The van der Waals surface area contributed by atoms with Crippen LogP contribution in [0.3, 0.4) is 0 Å². The van der Waals surface area contributed by atoms with E-state index in [1.807, 2.05) is 38.1 Å². The van der Waals surface area contributed by atoms with Gasteiger partial charge in [0.25, 0.3) is 5.91 Å². The van der Waals surface area contributed by atoms with Crippen molar-refractivity contribution in [2.24, 2.45) is 5.92 Å². The van der Waals surface area contributed by atoms with E-state index in [9.17, 15) is 14.9 Å². The summed E-state index contributed by atoms with van der Waals surface area (Å²) in [6.07, 6.45) is 2.93. The Labute approximate surface area is 177 Å². The molecular weight excluding hydrogens is 386 g/mol.